The third-order valence-corrected chi connectivity index (χ3v) is 4.81. The van der Waals surface area contributed by atoms with Crippen molar-refractivity contribution in [3.8, 4) is 0 Å². The van der Waals surface area contributed by atoms with Crippen molar-refractivity contribution in [2.75, 3.05) is 18.6 Å². The fourth-order valence-electron chi connectivity index (χ4n) is 1.54. The van der Waals surface area contributed by atoms with Crippen LogP contribution in [0.1, 0.15) is 35.0 Å². The van der Waals surface area contributed by atoms with Crippen LogP contribution in [0.4, 0.5) is 0 Å². The molecule has 0 fully saturated rings. The zero-order chi connectivity index (χ0) is 15.5. The Hall–Kier alpha value is -1.83. The van der Waals surface area contributed by atoms with E-state index in [4.69, 9.17) is 9.52 Å². The fraction of sp³-hybridized carbons (Fsp3) is 0.500. The van der Waals surface area contributed by atoms with E-state index in [0.717, 1.165) is 0 Å². The van der Waals surface area contributed by atoms with Gasteiger partial charge in [-0.25, -0.2) is 13.2 Å². The first-order valence-electron chi connectivity index (χ1n) is 5.98. The van der Waals surface area contributed by atoms with Crippen LogP contribution >= 0.6 is 0 Å². The van der Waals surface area contributed by atoms with Gasteiger partial charge in [-0.05, 0) is 19.1 Å². The van der Waals surface area contributed by atoms with Crippen LogP contribution in [0, 0.1) is 0 Å². The lowest BCUT2D eigenvalue weighted by atomic mass is 10.3. The first-order chi connectivity index (χ1) is 9.18. The Morgan fingerprint density at radius 2 is 1.90 bits per heavy atom. The predicted octanol–water partition coefficient (Wildman–Crippen LogP) is 0.873. The average molecular weight is 303 g/mol. The van der Waals surface area contributed by atoms with Crippen LogP contribution in [0.25, 0.3) is 0 Å². The lowest BCUT2D eigenvalue weighted by Crippen LogP contribution is -2.39. The number of amides is 1. The summed E-state index contributed by atoms with van der Waals surface area (Å²) in [6, 6.07) is 1.89. The molecule has 1 unspecified atom stereocenters. The van der Waals surface area contributed by atoms with Crippen molar-refractivity contribution in [3.63, 3.8) is 0 Å². The van der Waals surface area contributed by atoms with E-state index in [9.17, 15) is 18.0 Å². The van der Waals surface area contributed by atoms with Crippen molar-refractivity contribution in [2.45, 2.75) is 19.9 Å². The molecular formula is C12H17NO6S. The van der Waals surface area contributed by atoms with E-state index in [-0.39, 0.29) is 23.0 Å². The van der Waals surface area contributed by atoms with Crippen LogP contribution in [0.15, 0.2) is 16.5 Å². The number of nitrogens with zero attached hydrogens (tertiary/aromatic N) is 1. The van der Waals surface area contributed by atoms with Crippen molar-refractivity contribution < 1.29 is 27.5 Å². The summed E-state index contributed by atoms with van der Waals surface area (Å²) in [5, 5.41) is 8.71. The third kappa shape index (κ3) is 3.83. The summed E-state index contributed by atoms with van der Waals surface area (Å²) in [5.41, 5.74) is 0. The molecule has 0 radical (unpaired) electrons. The number of carboxylic acid groups (broad SMARTS) is 1. The smallest absolute Gasteiger partial charge is 0.371 e. The molecule has 20 heavy (non-hydrogen) atoms. The highest BCUT2D eigenvalue weighted by atomic mass is 32.2. The summed E-state index contributed by atoms with van der Waals surface area (Å²) in [7, 11) is -1.76. The predicted molar refractivity (Wildman–Crippen MR) is 71.6 cm³/mol. The highest BCUT2D eigenvalue weighted by Crippen LogP contribution is 2.12. The second-order valence-corrected chi connectivity index (χ2v) is 6.83. The number of aromatic carboxylic acids is 1. The monoisotopic (exact) mass is 303 g/mol. The van der Waals surface area contributed by atoms with Crippen molar-refractivity contribution in [1.29, 1.82) is 0 Å². The standard InChI is InChI=1S/C12H17NO6S/c1-4-20(17,18)7-8(2)13(3)11(14)9-5-6-10(19-9)12(15)16/h5-6,8H,4,7H2,1-3H3,(H,15,16). The van der Waals surface area contributed by atoms with Crippen molar-refractivity contribution in [1.82, 2.24) is 4.90 Å². The fourth-order valence-corrected chi connectivity index (χ4v) is 2.73. The van der Waals surface area contributed by atoms with Crippen LogP contribution in [-0.2, 0) is 9.84 Å². The topological polar surface area (TPSA) is 105 Å². The lowest BCUT2D eigenvalue weighted by molar-refractivity contribution is 0.0650. The van der Waals surface area contributed by atoms with E-state index in [2.05, 4.69) is 0 Å². The molecule has 0 spiro atoms. The molecule has 0 aliphatic rings. The summed E-state index contributed by atoms with van der Waals surface area (Å²) in [6.07, 6.45) is 0. The van der Waals surface area contributed by atoms with Crippen LogP contribution in [0.5, 0.6) is 0 Å². The average Bonchev–Trinajstić information content (AvgIpc) is 2.86. The molecule has 0 aliphatic carbocycles. The van der Waals surface area contributed by atoms with Gasteiger partial charge in [0.2, 0.25) is 5.76 Å². The summed E-state index contributed by atoms with van der Waals surface area (Å²) < 4.78 is 27.9. The van der Waals surface area contributed by atoms with Crippen LogP contribution in [0.3, 0.4) is 0 Å². The summed E-state index contributed by atoms with van der Waals surface area (Å²) >= 11 is 0. The number of carbonyl (C=O) groups is 2. The van der Waals surface area contributed by atoms with Gasteiger partial charge in [-0.2, -0.15) is 0 Å². The van der Waals surface area contributed by atoms with Gasteiger partial charge in [-0.1, -0.05) is 6.92 Å². The Balaban J connectivity index is 2.82. The maximum Gasteiger partial charge on any atom is 0.371 e. The number of carbonyl (C=O) groups excluding carboxylic acids is 1. The highest BCUT2D eigenvalue weighted by molar-refractivity contribution is 7.91. The molecule has 1 heterocycles. The number of sulfone groups is 1. The molecule has 1 N–H and O–H groups in total. The molecule has 112 valence electrons. The van der Waals surface area contributed by atoms with Gasteiger partial charge in [-0.3, -0.25) is 4.79 Å². The van der Waals surface area contributed by atoms with Crippen molar-refractivity contribution in [2.24, 2.45) is 0 Å². The molecule has 0 aromatic carbocycles. The van der Waals surface area contributed by atoms with E-state index in [1.807, 2.05) is 0 Å². The Bertz CT molecular complexity index is 603. The van der Waals surface area contributed by atoms with E-state index < -0.39 is 27.8 Å². The van der Waals surface area contributed by atoms with Crippen LogP contribution < -0.4 is 0 Å². The number of rotatable bonds is 6. The quantitative estimate of drug-likeness (QED) is 0.836. The van der Waals surface area contributed by atoms with Crippen LogP contribution in [-0.4, -0.2) is 54.9 Å². The van der Waals surface area contributed by atoms with Gasteiger partial charge in [0.1, 0.15) is 0 Å². The van der Waals surface area contributed by atoms with Gasteiger partial charge >= 0.3 is 5.97 Å². The molecule has 1 aromatic heterocycles. The molecule has 1 amide bonds. The highest BCUT2D eigenvalue weighted by Gasteiger charge is 2.24. The van der Waals surface area contributed by atoms with Gasteiger partial charge in [0.25, 0.3) is 5.91 Å². The second kappa shape index (κ2) is 6.08. The minimum atomic E-state index is -3.21. The van der Waals surface area contributed by atoms with Crippen molar-refractivity contribution in [3.05, 3.63) is 23.7 Å². The molecule has 0 saturated carbocycles. The normalized spacial score (nSPS) is 12.9. The molecule has 0 aliphatic heterocycles. The zero-order valence-corrected chi connectivity index (χ0v) is 12.3. The van der Waals surface area contributed by atoms with E-state index >= 15 is 0 Å². The summed E-state index contributed by atoms with van der Waals surface area (Å²) in [5.74, 6) is -2.45. The Morgan fingerprint density at radius 3 is 2.35 bits per heavy atom. The summed E-state index contributed by atoms with van der Waals surface area (Å²) in [6.45, 7) is 3.14. The second-order valence-electron chi connectivity index (χ2n) is 4.43. The van der Waals surface area contributed by atoms with E-state index in [1.54, 1.807) is 6.92 Å². The molecular weight excluding hydrogens is 286 g/mol. The first kappa shape index (κ1) is 16.2. The molecule has 0 bridgehead atoms. The maximum atomic E-state index is 12.0. The van der Waals surface area contributed by atoms with Gasteiger partial charge in [0.05, 0.1) is 5.75 Å². The van der Waals surface area contributed by atoms with E-state index in [0.29, 0.717) is 0 Å². The molecule has 1 aromatic rings. The zero-order valence-electron chi connectivity index (χ0n) is 11.5. The Kier molecular flexibility index (Phi) is 4.93. The lowest BCUT2D eigenvalue weighted by Gasteiger charge is -2.23. The molecule has 8 heteroatoms. The van der Waals surface area contributed by atoms with Crippen LogP contribution in [0.2, 0.25) is 0 Å². The SMILES string of the molecule is CCS(=O)(=O)CC(C)N(C)C(=O)c1ccc(C(=O)O)o1. The van der Waals surface area contributed by atoms with Gasteiger partial charge < -0.3 is 14.4 Å². The minimum Gasteiger partial charge on any atom is -0.475 e. The van der Waals surface area contributed by atoms with Gasteiger partial charge in [0, 0.05) is 18.8 Å². The van der Waals surface area contributed by atoms with Gasteiger partial charge in [-0.15, -0.1) is 0 Å². The largest absolute Gasteiger partial charge is 0.475 e. The number of carboxylic acids is 1. The third-order valence-electron chi connectivity index (χ3n) is 2.94. The summed E-state index contributed by atoms with van der Waals surface area (Å²) in [4.78, 5) is 23.9. The maximum absolute atomic E-state index is 12.0. The molecule has 7 nitrogen and oxygen atoms in total. The van der Waals surface area contributed by atoms with Gasteiger partial charge in [0.15, 0.2) is 15.6 Å². The molecule has 0 saturated heterocycles. The number of hydrogen-bond acceptors (Lipinski definition) is 5. The van der Waals surface area contributed by atoms with E-state index in [1.165, 1.54) is 31.0 Å². The van der Waals surface area contributed by atoms with Crippen molar-refractivity contribution >= 4 is 21.7 Å². The number of hydrogen-bond donors (Lipinski definition) is 1. The Morgan fingerprint density at radius 1 is 1.35 bits per heavy atom. The molecule has 1 rings (SSSR count). The number of furan rings is 1. The molecule has 1 atom stereocenters. The Labute approximate surface area is 117 Å². The first-order valence-corrected chi connectivity index (χ1v) is 7.80. The minimum absolute atomic E-state index is 0.00326.